The minimum atomic E-state index is -3.63. The van der Waals surface area contributed by atoms with Crippen molar-refractivity contribution in [2.24, 2.45) is 0 Å². The molecule has 23 heavy (non-hydrogen) atoms. The molecule has 0 radical (unpaired) electrons. The zero-order valence-electron chi connectivity index (χ0n) is 13.6. The highest BCUT2D eigenvalue weighted by Crippen LogP contribution is 2.30. The van der Waals surface area contributed by atoms with Crippen LogP contribution in [-0.2, 0) is 14.8 Å². The third-order valence-corrected chi connectivity index (χ3v) is 5.79. The summed E-state index contributed by atoms with van der Waals surface area (Å²) in [6, 6.07) is 4.54. The van der Waals surface area contributed by atoms with E-state index in [0.29, 0.717) is 37.6 Å². The van der Waals surface area contributed by atoms with Crippen LogP contribution >= 0.6 is 0 Å². The second-order valence-electron chi connectivity index (χ2n) is 5.28. The van der Waals surface area contributed by atoms with E-state index in [0.717, 1.165) is 0 Å². The van der Waals surface area contributed by atoms with E-state index < -0.39 is 10.0 Å². The number of rotatable bonds is 4. The summed E-state index contributed by atoms with van der Waals surface area (Å²) in [5, 5.41) is 0. The monoisotopic (exact) mass is 342 g/mol. The van der Waals surface area contributed by atoms with Crippen molar-refractivity contribution in [3.8, 4) is 11.5 Å². The molecule has 0 unspecified atom stereocenters. The van der Waals surface area contributed by atoms with Crippen molar-refractivity contribution in [2.45, 2.75) is 18.2 Å². The first-order valence-electron chi connectivity index (χ1n) is 7.38. The van der Waals surface area contributed by atoms with Crippen LogP contribution < -0.4 is 9.47 Å². The van der Waals surface area contributed by atoms with Gasteiger partial charge in [-0.2, -0.15) is 4.31 Å². The number of ether oxygens (including phenoxy) is 2. The lowest BCUT2D eigenvalue weighted by atomic mass is 10.3. The number of carbonyl (C=O) groups is 1. The summed E-state index contributed by atoms with van der Waals surface area (Å²) >= 11 is 0. The summed E-state index contributed by atoms with van der Waals surface area (Å²) in [5.41, 5.74) is 0. The Bertz CT molecular complexity index is 674. The molecule has 1 heterocycles. The average molecular weight is 342 g/mol. The Kier molecular flexibility index (Phi) is 5.48. The number of amides is 1. The number of hydrogen-bond acceptors (Lipinski definition) is 5. The number of methoxy groups -OCH3 is 2. The molecule has 0 aliphatic carbocycles. The Morgan fingerprint density at radius 3 is 2.35 bits per heavy atom. The van der Waals surface area contributed by atoms with Gasteiger partial charge in [-0.1, -0.05) is 0 Å². The maximum Gasteiger partial charge on any atom is 0.243 e. The fraction of sp³-hybridized carbons (Fsp3) is 0.533. The fourth-order valence-electron chi connectivity index (χ4n) is 2.58. The number of hydrogen-bond donors (Lipinski definition) is 0. The van der Waals surface area contributed by atoms with Crippen LogP contribution in [0.4, 0.5) is 0 Å². The molecule has 0 spiro atoms. The number of nitrogens with zero attached hydrogens (tertiary/aromatic N) is 2. The van der Waals surface area contributed by atoms with Gasteiger partial charge in [0.25, 0.3) is 0 Å². The Morgan fingerprint density at radius 2 is 1.74 bits per heavy atom. The Hall–Kier alpha value is -1.80. The van der Waals surface area contributed by atoms with Crippen LogP contribution in [0.25, 0.3) is 0 Å². The molecule has 0 bridgehead atoms. The molecule has 1 fully saturated rings. The summed E-state index contributed by atoms with van der Waals surface area (Å²) in [6.07, 6.45) is 0.617. The predicted octanol–water partition coefficient (Wildman–Crippen LogP) is 0.947. The molecule has 0 atom stereocenters. The van der Waals surface area contributed by atoms with Crippen LogP contribution in [0, 0.1) is 0 Å². The fourth-order valence-corrected chi connectivity index (χ4v) is 4.06. The van der Waals surface area contributed by atoms with E-state index in [1.54, 1.807) is 11.0 Å². The highest BCUT2D eigenvalue weighted by atomic mass is 32.2. The van der Waals surface area contributed by atoms with Crippen molar-refractivity contribution in [3.63, 3.8) is 0 Å². The van der Waals surface area contributed by atoms with Gasteiger partial charge in [-0.15, -0.1) is 0 Å². The predicted molar refractivity (Wildman–Crippen MR) is 85.2 cm³/mol. The molecule has 1 aromatic rings. The van der Waals surface area contributed by atoms with E-state index in [9.17, 15) is 13.2 Å². The Morgan fingerprint density at radius 1 is 1.04 bits per heavy atom. The largest absolute Gasteiger partial charge is 0.493 e. The summed E-state index contributed by atoms with van der Waals surface area (Å²) < 4.78 is 37.3. The van der Waals surface area contributed by atoms with E-state index >= 15 is 0 Å². The first kappa shape index (κ1) is 17.6. The summed E-state index contributed by atoms with van der Waals surface area (Å²) in [6.45, 7) is 3.16. The highest BCUT2D eigenvalue weighted by molar-refractivity contribution is 7.89. The smallest absolute Gasteiger partial charge is 0.243 e. The van der Waals surface area contributed by atoms with Crippen molar-refractivity contribution in [1.29, 1.82) is 0 Å². The van der Waals surface area contributed by atoms with Crippen LogP contribution in [0.5, 0.6) is 11.5 Å². The van der Waals surface area contributed by atoms with Gasteiger partial charge in [-0.3, -0.25) is 4.79 Å². The van der Waals surface area contributed by atoms with Crippen molar-refractivity contribution in [1.82, 2.24) is 9.21 Å². The second kappa shape index (κ2) is 7.18. The van der Waals surface area contributed by atoms with Gasteiger partial charge in [-0.25, -0.2) is 8.42 Å². The first-order chi connectivity index (χ1) is 10.9. The van der Waals surface area contributed by atoms with E-state index in [4.69, 9.17) is 9.47 Å². The molecule has 0 aromatic heterocycles. The molecular formula is C15H22N2O5S. The quantitative estimate of drug-likeness (QED) is 0.814. The van der Waals surface area contributed by atoms with Crippen LogP contribution in [0.3, 0.4) is 0 Å². The van der Waals surface area contributed by atoms with E-state index in [1.165, 1.54) is 37.6 Å². The standard InChI is InChI=1S/C15H22N2O5S/c1-12(18)16-7-4-8-17(10-9-16)23(19,20)13-5-6-14(21-2)15(11-13)22-3/h5-6,11H,4,7-10H2,1-3H3. The Labute approximate surface area is 136 Å². The molecule has 1 aromatic carbocycles. The van der Waals surface area contributed by atoms with Gasteiger partial charge < -0.3 is 14.4 Å². The van der Waals surface area contributed by atoms with Crippen molar-refractivity contribution in [2.75, 3.05) is 40.4 Å². The number of benzene rings is 1. The van der Waals surface area contributed by atoms with Crippen LogP contribution in [-0.4, -0.2) is 63.9 Å². The normalized spacial score (nSPS) is 16.7. The summed E-state index contributed by atoms with van der Waals surface area (Å²) in [4.78, 5) is 13.3. The first-order valence-corrected chi connectivity index (χ1v) is 8.82. The zero-order chi connectivity index (χ0) is 17.0. The maximum atomic E-state index is 12.8. The number of carbonyl (C=O) groups excluding carboxylic acids is 1. The van der Waals surface area contributed by atoms with Gasteiger partial charge >= 0.3 is 0 Å². The molecular weight excluding hydrogens is 320 g/mol. The molecule has 2 rings (SSSR count). The third kappa shape index (κ3) is 3.76. The minimum Gasteiger partial charge on any atom is -0.493 e. The SMILES string of the molecule is COc1ccc(S(=O)(=O)N2CCCN(C(C)=O)CC2)cc1OC. The maximum absolute atomic E-state index is 12.8. The van der Waals surface area contributed by atoms with Crippen molar-refractivity contribution >= 4 is 15.9 Å². The molecule has 0 saturated carbocycles. The molecule has 0 N–H and O–H groups in total. The van der Waals surface area contributed by atoms with Gasteiger partial charge in [0.05, 0.1) is 19.1 Å². The second-order valence-corrected chi connectivity index (χ2v) is 7.22. The van der Waals surface area contributed by atoms with Crippen molar-refractivity contribution < 1.29 is 22.7 Å². The van der Waals surface area contributed by atoms with Gasteiger partial charge in [-0.05, 0) is 18.6 Å². The average Bonchev–Trinajstić information content (AvgIpc) is 2.80. The third-order valence-electron chi connectivity index (χ3n) is 3.89. The molecule has 1 saturated heterocycles. The lowest BCUT2D eigenvalue weighted by molar-refractivity contribution is -0.128. The Balaban J connectivity index is 2.26. The van der Waals surface area contributed by atoms with E-state index in [2.05, 4.69) is 0 Å². The van der Waals surface area contributed by atoms with Crippen LogP contribution in [0.15, 0.2) is 23.1 Å². The molecule has 128 valence electrons. The van der Waals surface area contributed by atoms with E-state index in [-0.39, 0.29) is 17.3 Å². The van der Waals surface area contributed by atoms with Crippen LogP contribution in [0.2, 0.25) is 0 Å². The highest BCUT2D eigenvalue weighted by Gasteiger charge is 2.28. The van der Waals surface area contributed by atoms with E-state index in [1.807, 2.05) is 0 Å². The minimum absolute atomic E-state index is 0.0321. The van der Waals surface area contributed by atoms with Gasteiger partial charge in [0, 0.05) is 39.2 Å². The lowest BCUT2D eigenvalue weighted by Gasteiger charge is -2.21. The summed E-state index contributed by atoms with van der Waals surface area (Å²) in [5.74, 6) is 0.814. The molecule has 7 nitrogen and oxygen atoms in total. The topological polar surface area (TPSA) is 76.2 Å². The zero-order valence-corrected chi connectivity index (χ0v) is 14.4. The summed E-state index contributed by atoms with van der Waals surface area (Å²) in [7, 11) is -0.672. The van der Waals surface area contributed by atoms with Gasteiger partial charge in [0.1, 0.15) is 0 Å². The molecule has 8 heteroatoms. The van der Waals surface area contributed by atoms with Gasteiger partial charge in [0.15, 0.2) is 11.5 Å². The lowest BCUT2D eigenvalue weighted by Crippen LogP contribution is -2.36. The van der Waals surface area contributed by atoms with Crippen LogP contribution in [0.1, 0.15) is 13.3 Å². The molecule has 1 aliphatic heterocycles. The number of sulfonamides is 1. The molecule has 1 aliphatic rings. The molecule has 1 amide bonds. The van der Waals surface area contributed by atoms with Gasteiger partial charge in [0.2, 0.25) is 15.9 Å². The van der Waals surface area contributed by atoms with Crippen molar-refractivity contribution in [3.05, 3.63) is 18.2 Å².